The molecule has 0 saturated carbocycles. The molecule has 17 heavy (non-hydrogen) atoms. The molecular weight excluding hydrogens is 292 g/mol. The Bertz CT molecular complexity index is 513. The Morgan fingerprint density at radius 2 is 2.06 bits per heavy atom. The van der Waals surface area contributed by atoms with E-state index in [-0.39, 0.29) is 16.5 Å². The summed E-state index contributed by atoms with van der Waals surface area (Å²) in [4.78, 5) is 0. The zero-order valence-corrected chi connectivity index (χ0v) is 10.4. The first-order chi connectivity index (χ1) is 8.09. The van der Waals surface area contributed by atoms with Gasteiger partial charge in [-0.05, 0) is 40.2 Å². The average Bonchev–Trinajstić information content (AvgIpc) is 2.83. The monoisotopic (exact) mass is 301 g/mol. The van der Waals surface area contributed by atoms with Crippen molar-refractivity contribution in [1.82, 2.24) is 0 Å². The van der Waals surface area contributed by atoms with Crippen LogP contribution in [0.4, 0.5) is 8.78 Å². The topological polar surface area (TPSA) is 39.2 Å². The van der Waals surface area contributed by atoms with Crippen molar-refractivity contribution in [3.63, 3.8) is 0 Å². The highest BCUT2D eigenvalue weighted by atomic mass is 79.9. The van der Waals surface area contributed by atoms with Crippen LogP contribution in [0.5, 0.6) is 0 Å². The fraction of sp³-hybridized carbons (Fsp3) is 0.167. The number of furan rings is 1. The first kappa shape index (κ1) is 12.3. The molecule has 2 rings (SSSR count). The standard InChI is InChI=1S/C12H10BrF2NO/c13-8-3-4-9(14)7(12(8)15)6-10(16)11-2-1-5-17-11/h1-5,10H,6,16H2. The van der Waals surface area contributed by atoms with E-state index in [2.05, 4.69) is 15.9 Å². The lowest BCUT2D eigenvalue weighted by molar-refractivity contribution is 0.453. The number of benzene rings is 1. The highest BCUT2D eigenvalue weighted by Crippen LogP contribution is 2.25. The molecule has 0 spiro atoms. The van der Waals surface area contributed by atoms with Crippen LogP contribution in [0.2, 0.25) is 0 Å². The Labute approximate surface area is 106 Å². The number of rotatable bonds is 3. The minimum atomic E-state index is -0.619. The van der Waals surface area contributed by atoms with E-state index in [9.17, 15) is 8.78 Å². The predicted molar refractivity (Wildman–Crippen MR) is 63.4 cm³/mol. The summed E-state index contributed by atoms with van der Waals surface area (Å²) in [5.74, 6) is -0.719. The van der Waals surface area contributed by atoms with E-state index >= 15 is 0 Å². The van der Waals surface area contributed by atoms with Crippen LogP contribution in [-0.4, -0.2) is 0 Å². The lowest BCUT2D eigenvalue weighted by Gasteiger charge is -2.11. The quantitative estimate of drug-likeness (QED) is 0.880. The molecule has 0 radical (unpaired) electrons. The number of halogens is 3. The highest BCUT2D eigenvalue weighted by molar-refractivity contribution is 9.10. The van der Waals surface area contributed by atoms with E-state index in [1.807, 2.05) is 0 Å². The summed E-state index contributed by atoms with van der Waals surface area (Å²) in [6.45, 7) is 0. The van der Waals surface area contributed by atoms with Gasteiger partial charge in [0.05, 0.1) is 16.8 Å². The summed E-state index contributed by atoms with van der Waals surface area (Å²) >= 11 is 3.01. The molecule has 0 aliphatic heterocycles. The molecule has 0 aliphatic rings. The van der Waals surface area contributed by atoms with Gasteiger partial charge in [-0.2, -0.15) is 0 Å². The van der Waals surface area contributed by atoms with Crippen molar-refractivity contribution in [1.29, 1.82) is 0 Å². The van der Waals surface area contributed by atoms with Gasteiger partial charge in [0.25, 0.3) is 0 Å². The smallest absolute Gasteiger partial charge is 0.143 e. The van der Waals surface area contributed by atoms with Crippen LogP contribution in [-0.2, 0) is 6.42 Å². The fourth-order valence-electron chi connectivity index (χ4n) is 1.58. The molecule has 0 amide bonds. The van der Waals surface area contributed by atoms with Crippen molar-refractivity contribution >= 4 is 15.9 Å². The maximum Gasteiger partial charge on any atom is 0.143 e. The van der Waals surface area contributed by atoms with Crippen molar-refractivity contribution in [2.75, 3.05) is 0 Å². The van der Waals surface area contributed by atoms with Crippen LogP contribution in [0.25, 0.3) is 0 Å². The normalized spacial score (nSPS) is 12.7. The summed E-state index contributed by atoms with van der Waals surface area (Å²) in [6.07, 6.45) is 1.52. The van der Waals surface area contributed by atoms with Crippen LogP contribution >= 0.6 is 15.9 Å². The van der Waals surface area contributed by atoms with Gasteiger partial charge in [0.15, 0.2) is 0 Å². The second kappa shape index (κ2) is 4.98. The van der Waals surface area contributed by atoms with Crippen molar-refractivity contribution in [3.8, 4) is 0 Å². The fourth-order valence-corrected chi connectivity index (χ4v) is 1.95. The maximum atomic E-state index is 13.7. The van der Waals surface area contributed by atoms with Crippen LogP contribution in [0.3, 0.4) is 0 Å². The lowest BCUT2D eigenvalue weighted by atomic mass is 10.0. The van der Waals surface area contributed by atoms with Gasteiger partial charge in [0, 0.05) is 12.0 Å². The summed E-state index contributed by atoms with van der Waals surface area (Å²) < 4.78 is 32.5. The van der Waals surface area contributed by atoms with Crippen molar-refractivity contribution in [2.45, 2.75) is 12.5 Å². The molecule has 5 heteroatoms. The number of hydrogen-bond acceptors (Lipinski definition) is 2. The van der Waals surface area contributed by atoms with Crippen LogP contribution in [0.1, 0.15) is 17.4 Å². The van der Waals surface area contributed by atoms with Gasteiger partial charge >= 0.3 is 0 Å². The molecule has 1 aromatic carbocycles. The first-order valence-corrected chi connectivity index (χ1v) is 5.80. The predicted octanol–water partition coefficient (Wildman–Crippen LogP) is 3.56. The van der Waals surface area contributed by atoms with Gasteiger partial charge in [0.2, 0.25) is 0 Å². The second-order valence-electron chi connectivity index (χ2n) is 3.65. The Balaban J connectivity index is 2.27. The lowest BCUT2D eigenvalue weighted by Crippen LogP contribution is -2.14. The Morgan fingerprint density at radius 1 is 1.29 bits per heavy atom. The first-order valence-electron chi connectivity index (χ1n) is 5.01. The third kappa shape index (κ3) is 2.56. The van der Waals surface area contributed by atoms with E-state index in [0.29, 0.717) is 5.76 Å². The molecule has 1 heterocycles. The van der Waals surface area contributed by atoms with Gasteiger partial charge < -0.3 is 10.2 Å². The van der Waals surface area contributed by atoms with Gasteiger partial charge in [-0.1, -0.05) is 0 Å². The highest BCUT2D eigenvalue weighted by Gasteiger charge is 2.17. The van der Waals surface area contributed by atoms with Crippen molar-refractivity contribution in [2.24, 2.45) is 5.73 Å². The Kier molecular flexibility index (Phi) is 3.59. The Hall–Kier alpha value is -1.20. The zero-order chi connectivity index (χ0) is 12.4. The van der Waals surface area contributed by atoms with Gasteiger partial charge in [-0.3, -0.25) is 0 Å². The minimum absolute atomic E-state index is 0.0386. The minimum Gasteiger partial charge on any atom is -0.468 e. The van der Waals surface area contributed by atoms with Gasteiger partial charge in [-0.25, -0.2) is 8.78 Å². The molecular formula is C12H10BrF2NO. The zero-order valence-electron chi connectivity index (χ0n) is 8.79. The van der Waals surface area contributed by atoms with E-state index < -0.39 is 17.7 Å². The molecule has 2 aromatic rings. The van der Waals surface area contributed by atoms with Gasteiger partial charge in [0.1, 0.15) is 17.4 Å². The maximum absolute atomic E-state index is 13.7. The van der Waals surface area contributed by atoms with E-state index in [1.54, 1.807) is 12.1 Å². The molecule has 1 atom stereocenters. The SMILES string of the molecule is NC(Cc1c(F)ccc(Br)c1F)c1ccco1. The summed E-state index contributed by atoms with van der Waals surface area (Å²) in [5, 5.41) is 0. The molecule has 0 fully saturated rings. The Morgan fingerprint density at radius 3 is 2.71 bits per heavy atom. The average molecular weight is 302 g/mol. The molecule has 1 aromatic heterocycles. The molecule has 2 nitrogen and oxygen atoms in total. The summed E-state index contributed by atoms with van der Waals surface area (Å²) in [6, 6.07) is 5.33. The molecule has 2 N–H and O–H groups in total. The number of hydrogen-bond donors (Lipinski definition) is 1. The molecule has 0 saturated heterocycles. The van der Waals surface area contributed by atoms with Crippen molar-refractivity contribution < 1.29 is 13.2 Å². The van der Waals surface area contributed by atoms with Crippen LogP contribution in [0.15, 0.2) is 39.4 Å². The largest absolute Gasteiger partial charge is 0.468 e. The van der Waals surface area contributed by atoms with Crippen LogP contribution in [0, 0.1) is 11.6 Å². The third-order valence-electron chi connectivity index (χ3n) is 2.47. The molecule has 0 bridgehead atoms. The second-order valence-corrected chi connectivity index (χ2v) is 4.50. The van der Waals surface area contributed by atoms with Gasteiger partial charge in [-0.15, -0.1) is 0 Å². The number of nitrogens with two attached hydrogens (primary N) is 1. The molecule has 1 unspecified atom stereocenters. The van der Waals surface area contributed by atoms with E-state index in [1.165, 1.54) is 18.4 Å². The van der Waals surface area contributed by atoms with Crippen LogP contribution < -0.4 is 5.73 Å². The van der Waals surface area contributed by atoms with E-state index in [0.717, 1.165) is 0 Å². The molecule has 90 valence electrons. The summed E-state index contributed by atoms with van der Waals surface area (Å²) in [5.41, 5.74) is 5.78. The third-order valence-corrected chi connectivity index (χ3v) is 3.08. The van der Waals surface area contributed by atoms with E-state index in [4.69, 9.17) is 10.2 Å². The molecule has 0 aliphatic carbocycles. The van der Waals surface area contributed by atoms with Crippen molar-refractivity contribution in [3.05, 3.63) is 58.0 Å². The summed E-state index contributed by atoms with van der Waals surface area (Å²) in [7, 11) is 0.